The van der Waals surface area contributed by atoms with Gasteiger partial charge in [0.2, 0.25) is 0 Å². The number of alkyl halides is 3. The van der Waals surface area contributed by atoms with Gasteiger partial charge in [-0.2, -0.15) is 13.2 Å². The predicted molar refractivity (Wildman–Crippen MR) is 186 cm³/mol. The second-order valence-corrected chi connectivity index (χ2v) is 15.5. The van der Waals surface area contributed by atoms with E-state index in [1.807, 2.05) is 54.9 Å². The summed E-state index contributed by atoms with van der Waals surface area (Å²) in [6.45, 7) is 8.93. The van der Waals surface area contributed by atoms with Crippen molar-refractivity contribution in [1.29, 1.82) is 0 Å². The molecule has 0 radical (unpaired) electrons. The number of ether oxygens (including phenoxy) is 1. The van der Waals surface area contributed by atoms with Crippen LogP contribution in [0.2, 0.25) is 0 Å². The molecule has 4 aromatic rings. The number of anilines is 1. The lowest BCUT2D eigenvalue weighted by atomic mass is 9.72. The second-order valence-electron chi connectivity index (χ2n) is 15.5. The first-order valence-electron chi connectivity index (χ1n) is 17.3. The summed E-state index contributed by atoms with van der Waals surface area (Å²) in [6.07, 6.45) is -1.30. The van der Waals surface area contributed by atoms with E-state index < -0.39 is 40.3 Å². The fourth-order valence-corrected chi connectivity index (χ4v) is 7.77. The van der Waals surface area contributed by atoms with Crippen molar-refractivity contribution in [3.63, 3.8) is 0 Å². The number of hydrogen-bond acceptors (Lipinski definition) is 6. The van der Waals surface area contributed by atoms with Gasteiger partial charge in [-0.15, -0.1) is 10.2 Å². The topological polar surface area (TPSA) is 83.8 Å². The van der Waals surface area contributed by atoms with Crippen molar-refractivity contribution >= 4 is 17.7 Å². The van der Waals surface area contributed by atoms with Crippen molar-refractivity contribution in [3.05, 3.63) is 112 Å². The third-order valence-electron chi connectivity index (χ3n) is 10.5. The van der Waals surface area contributed by atoms with Gasteiger partial charge in [-0.3, -0.25) is 14.6 Å². The fourth-order valence-electron chi connectivity index (χ4n) is 7.77. The summed E-state index contributed by atoms with van der Waals surface area (Å²) in [5, 5.41) is 8.63. The quantitative estimate of drug-likeness (QED) is 0.190. The number of aryl methyl sites for hydroxylation is 1. The van der Waals surface area contributed by atoms with Crippen LogP contribution < -0.4 is 4.90 Å². The zero-order valence-corrected chi connectivity index (χ0v) is 29.6. The van der Waals surface area contributed by atoms with Crippen LogP contribution in [-0.2, 0) is 43.0 Å². The maximum absolute atomic E-state index is 14.7. The summed E-state index contributed by atoms with van der Waals surface area (Å²) in [4.78, 5) is 32.7. The van der Waals surface area contributed by atoms with Crippen LogP contribution in [0.4, 0.5) is 23.7 Å². The molecule has 1 aromatic heterocycles. The lowest BCUT2D eigenvalue weighted by molar-refractivity contribution is -0.138. The molecule has 7 rings (SSSR count). The molecule has 0 N–H and O–H groups in total. The first-order chi connectivity index (χ1) is 24.1. The van der Waals surface area contributed by atoms with Gasteiger partial charge in [0.25, 0.3) is 5.91 Å². The van der Waals surface area contributed by atoms with E-state index in [0.29, 0.717) is 31.6 Å². The summed E-state index contributed by atoms with van der Waals surface area (Å²) in [5.41, 5.74) is 0.0384. The average Bonchev–Trinajstić information content (AvgIpc) is 3.61. The summed E-state index contributed by atoms with van der Waals surface area (Å²) in [7, 11) is 1.90. The number of halogens is 3. The lowest BCUT2D eigenvalue weighted by Gasteiger charge is -2.50. The van der Waals surface area contributed by atoms with E-state index in [2.05, 4.69) is 27.2 Å². The molecular weight excluding hydrogens is 657 g/mol. The SMILES string of the molecule is Cn1cnnc1C1(c2cccc(N3Cc4c(cc(CN(C(=O)OC(C)(C)C)C5(C)CCC5)cc4C(F)(F)F)C3=O)c2)CN(Cc2ccccc2)C1. The zero-order chi connectivity index (χ0) is 36.3. The Morgan fingerprint density at radius 1 is 0.980 bits per heavy atom. The number of fused-ring (bicyclic) bond motifs is 1. The lowest BCUT2D eigenvalue weighted by Crippen LogP contribution is -2.60. The standard InChI is InChI=1S/C39H43F3N6O3/c1-36(2,3)51-35(50)48(37(4)15-10-16-37)21-27-17-30-31(32(18-27)39(40,41)42)22-47(33(30)49)29-14-9-13-28(19-29)38(34-44-43-25-45(34)5)23-46(24-38)20-26-11-7-6-8-12-26/h6-9,11-14,17-19,25H,10,15-16,20-24H2,1-5H3. The molecule has 2 fully saturated rings. The summed E-state index contributed by atoms with van der Waals surface area (Å²) in [6, 6.07) is 20.3. The van der Waals surface area contributed by atoms with Gasteiger partial charge in [-0.05, 0) is 93.5 Å². The van der Waals surface area contributed by atoms with Crippen molar-refractivity contribution < 1.29 is 27.5 Å². The van der Waals surface area contributed by atoms with Crippen molar-refractivity contribution in [3.8, 4) is 0 Å². The summed E-state index contributed by atoms with van der Waals surface area (Å²) < 4.78 is 51.7. The van der Waals surface area contributed by atoms with Crippen molar-refractivity contribution in [1.82, 2.24) is 24.6 Å². The maximum atomic E-state index is 14.7. The number of rotatable bonds is 8. The van der Waals surface area contributed by atoms with Crippen molar-refractivity contribution in [2.24, 2.45) is 7.05 Å². The van der Waals surface area contributed by atoms with E-state index in [4.69, 9.17) is 4.74 Å². The smallest absolute Gasteiger partial charge is 0.416 e. The Morgan fingerprint density at radius 2 is 1.71 bits per heavy atom. The van der Waals surface area contributed by atoms with E-state index >= 15 is 0 Å². The minimum Gasteiger partial charge on any atom is -0.444 e. The zero-order valence-electron chi connectivity index (χ0n) is 29.6. The predicted octanol–water partition coefficient (Wildman–Crippen LogP) is 7.48. The van der Waals surface area contributed by atoms with E-state index in [1.165, 1.54) is 21.4 Å². The largest absolute Gasteiger partial charge is 0.444 e. The van der Waals surface area contributed by atoms with Crippen molar-refractivity contribution in [2.75, 3.05) is 18.0 Å². The highest BCUT2D eigenvalue weighted by atomic mass is 19.4. The summed E-state index contributed by atoms with van der Waals surface area (Å²) in [5.74, 6) is 0.263. The van der Waals surface area contributed by atoms with Crippen LogP contribution in [0.3, 0.4) is 0 Å². The molecule has 12 heteroatoms. The van der Waals surface area contributed by atoms with Gasteiger partial charge in [-0.25, -0.2) is 4.79 Å². The molecule has 51 heavy (non-hydrogen) atoms. The molecule has 1 saturated heterocycles. The first-order valence-corrected chi connectivity index (χ1v) is 17.3. The van der Waals surface area contributed by atoms with Gasteiger partial charge in [0.05, 0.1) is 17.5 Å². The average molecular weight is 701 g/mol. The highest BCUT2D eigenvalue weighted by Gasteiger charge is 2.50. The van der Waals surface area contributed by atoms with Gasteiger partial charge in [0, 0.05) is 50.0 Å². The van der Waals surface area contributed by atoms with Crippen LogP contribution in [0.15, 0.2) is 73.1 Å². The molecule has 0 spiro atoms. The molecule has 0 bridgehead atoms. The van der Waals surface area contributed by atoms with Gasteiger partial charge in [-0.1, -0.05) is 42.5 Å². The molecule has 1 saturated carbocycles. The Hall–Kier alpha value is -4.71. The van der Waals surface area contributed by atoms with Crippen molar-refractivity contribution in [2.45, 2.75) is 89.3 Å². The number of aromatic nitrogens is 3. The molecule has 2 amide bonds. The number of amides is 2. The number of benzene rings is 3. The Labute approximate surface area is 296 Å². The van der Waals surface area contributed by atoms with E-state index in [0.717, 1.165) is 30.4 Å². The Kier molecular flexibility index (Phi) is 8.51. The number of carbonyl (C=O) groups excluding carboxylic acids is 2. The normalized spacial score (nSPS) is 18.2. The Balaban J connectivity index is 1.20. The van der Waals surface area contributed by atoms with Crippen LogP contribution in [-0.4, -0.2) is 60.8 Å². The third kappa shape index (κ3) is 6.50. The Morgan fingerprint density at radius 3 is 2.31 bits per heavy atom. The van der Waals surface area contributed by atoms with Gasteiger partial charge in [0.1, 0.15) is 17.8 Å². The number of carbonyl (C=O) groups is 2. The Bertz CT molecular complexity index is 1960. The molecule has 2 aliphatic heterocycles. The minimum atomic E-state index is -4.71. The van der Waals surface area contributed by atoms with Crippen LogP contribution in [0, 0.1) is 0 Å². The van der Waals surface area contributed by atoms with E-state index in [1.54, 1.807) is 33.2 Å². The molecule has 268 valence electrons. The van der Waals surface area contributed by atoms with Crippen LogP contribution in [0.1, 0.15) is 91.0 Å². The minimum absolute atomic E-state index is 0.00572. The molecule has 3 aromatic carbocycles. The van der Waals surface area contributed by atoms with Gasteiger partial charge < -0.3 is 14.2 Å². The maximum Gasteiger partial charge on any atom is 0.416 e. The number of nitrogens with zero attached hydrogens (tertiary/aromatic N) is 6. The molecule has 3 heterocycles. The van der Waals surface area contributed by atoms with Crippen LogP contribution in [0.5, 0.6) is 0 Å². The molecule has 0 atom stereocenters. The van der Waals surface area contributed by atoms with Crippen LogP contribution in [0.25, 0.3) is 0 Å². The molecule has 3 aliphatic rings. The fraction of sp³-hybridized carbons (Fsp3) is 0.436. The number of hydrogen-bond donors (Lipinski definition) is 0. The first kappa shape index (κ1) is 34.7. The highest BCUT2D eigenvalue weighted by molar-refractivity contribution is 6.10. The molecule has 1 aliphatic carbocycles. The number of likely N-dealkylation sites (tertiary alicyclic amines) is 1. The molecule has 0 unspecified atom stereocenters. The second kappa shape index (κ2) is 12.5. The monoisotopic (exact) mass is 700 g/mol. The molecule has 9 nitrogen and oxygen atoms in total. The van der Waals surface area contributed by atoms with Gasteiger partial charge in [0.15, 0.2) is 0 Å². The highest BCUT2D eigenvalue weighted by Crippen LogP contribution is 2.45. The van der Waals surface area contributed by atoms with E-state index in [-0.39, 0.29) is 29.8 Å². The van der Waals surface area contributed by atoms with Gasteiger partial charge >= 0.3 is 12.3 Å². The summed E-state index contributed by atoms with van der Waals surface area (Å²) >= 11 is 0. The molecular formula is C39H43F3N6O3. The third-order valence-corrected chi connectivity index (χ3v) is 10.5. The van der Waals surface area contributed by atoms with E-state index in [9.17, 15) is 22.8 Å². The van der Waals surface area contributed by atoms with Crippen LogP contribution >= 0.6 is 0 Å².